The third kappa shape index (κ3) is 7.02. The van der Waals surface area contributed by atoms with Crippen molar-refractivity contribution >= 4 is 32.8 Å². The second kappa shape index (κ2) is 9.31. The third-order valence-corrected chi connectivity index (χ3v) is 21.7. The Balaban J connectivity index is 3.22. The van der Waals surface area contributed by atoms with Gasteiger partial charge in [0.25, 0.3) is 0 Å². The monoisotopic (exact) mass is 486 g/mol. The van der Waals surface area contributed by atoms with Crippen molar-refractivity contribution in [2.75, 3.05) is 6.61 Å². The summed E-state index contributed by atoms with van der Waals surface area (Å²) in [6.07, 6.45) is -0.703. The minimum atomic E-state index is -2.06. The van der Waals surface area contributed by atoms with Crippen molar-refractivity contribution in [3.05, 3.63) is 0 Å². The molecule has 182 valence electrons. The summed E-state index contributed by atoms with van der Waals surface area (Å²) in [4.78, 5) is 0. The van der Waals surface area contributed by atoms with Gasteiger partial charge in [-0.3, -0.25) is 0 Å². The first-order chi connectivity index (χ1) is 13.4. The normalized spacial score (nSPS) is 27.1. The fourth-order valence-electron chi connectivity index (χ4n) is 2.71. The van der Waals surface area contributed by atoms with Crippen LogP contribution in [0.1, 0.15) is 62.3 Å². The predicted molar refractivity (Wildman–Crippen MR) is 142 cm³/mol. The average molecular weight is 487 g/mol. The van der Waals surface area contributed by atoms with Crippen molar-refractivity contribution in [3.63, 3.8) is 0 Å². The summed E-state index contributed by atoms with van der Waals surface area (Å²) in [5, 5.41) is 0.316. The van der Waals surface area contributed by atoms with Crippen LogP contribution < -0.4 is 0 Å². The van der Waals surface area contributed by atoms with Crippen molar-refractivity contribution in [1.82, 2.24) is 0 Å². The number of hydrogen-bond acceptors (Lipinski definition) is 4. The van der Waals surface area contributed by atoms with Crippen molar-refractivity contribution in [1.29, 1.82) is 0 Å². The van der Waals surface area contributed by atoms with Crippen molar-refractivity contribution < 1.29 is 18.0 Å². The molecule has 1 saturated heterocycles. The molecule has 2 radical (unpaired) electrons. The van der Waals surface area contributed by atoms with Crippen LogP contribution in [0.25, 0.3) is 0 Å². The molecule has 4 nitrogen and oxygen atoms in total. The molecule has 1 fully saturated rings. The van der Waals surface area contributed by atoms with E-state index in [4.69, 9.17) is 25.9 Å². The van der Waals surface area contributed by atoms with Gasteiger partial charge < -0.3 is 18.0 Å². The number of ether oxygens (including phenoxy) is 1. The molecule has 1 rings (SSSR count). The largest absolute Gasteiger partial charge is 0.414 e. The molecule has 0 aromatic carbocycles. The molecule has 0 aromatic rings. The summed E-state index contributed by atoms with van der Waals surface area (Å²) in [6.45, 7) is 34.5. The Bertz CT molecular complexity index is 603. The van der Waals surface area contributed by atoms with E-state index < -0.39 is 31.0 Å². The van der Waals surface area contributed by atoms with Gasteiger partial charge in [0.15, 0.2) is 25.0 Å². The molecule has 4 atom stereocenters. The van der Waals surface area contributed by atoms with E-state index in [9.17, 15) is 0 Å². The molecule has 0 aromatic heterocycles. The summed E-state index contributed by atoms with van der Waals surface area (Å²) in [5.74, 6) is 0. The Morgan fingerprint density at radius 3 is 1.35 bits per heavy atom. The lowest BCUT2D eigenvalue weighted by atomic mass is 9.93. The smallest absolute Gasteiger partial charge is 0.192 e. The summed E-state index contributed by atoms with van der Waals surface area (Å²) < 4.78 is 26.6. The van der Waals surface area contributed by atoms with E-state index in [1.165, 1.54) is 0 Å². The zero-order chi connectivity index (χ0) is 24.8. The number of hydrogen-bond donors (Lipinski definition) is 0. The molecule has 0 amide bonds. The van der Waals surface area contributed by atoms with Gasteiger partial charge in [0.05, 0.1) is 12.7 Å². The quantitative estimate of drug-likeness (QED) is 0.376. The molecule has 0 saturated carbocycles. The molecule has 1 aliphatic rings. The maximum atomic E-state index is 6.93. The minimum absolute atomic E-state index is 0.0873. The molecule has 1 unspecified atom stereocenters. The van der Waals surface area contributed by atoms with Crippen LogP contribution >= 0.6 is 0 Å². The fraction of sp³-hybridized carbons (Fsp3) is 1.00. The first-order valence-electron chi connectivity index (χ1n) is 11.8. The van der Waals surface area contributed by atoms with Gasteiger partial charge in [-0.1, -0.05) is 62.3 Å². The summed E-state index contributed by atoms with van der Waals surface area (Å²) in [5.41, 5.74) is 0. The molecule has 0 aliphatic carbocycles. The SMILES string of the molecule is [B][C@@H]1O[C@H](CO[Si](C)(C)C(C)(C)C)[C@@H](O[Si](C)(C)C(C)(C)C)C1O[Si](C)(C)C(C)(C)C. The summed E-state index contributed by atoms with van der Waals surface area (Å²) in [6, 6.07) is -0.503. The molecule has 1 aliphatic heterocycles. The van der Waals surface area contributed by atoms with Gasteiger partial charge in [0.2, 0.25) is 0 Å². The lowest BCUT2D eigenvalue weighted by molar-refractivity contribution is 0.000561. The fourth-order valence-corrected chi connectivity index (χ4v) is 6.34. The van der Waals surface area contributed by atoms with Crippen LogP contribution in [0.15, 0.2) is 0 Å². The molecule has 8 heteroatoms. The van der Waals surface area contributed by atoms with Crippen LogP contribution in [0.4, 0.5) is 0 Å². The molecule has 0 spiro atoms. The minimum Gasteiger partial charge on any atom is -0.414 e. The van der Waals surface area contributed by atoms with Crippen LogP contribution in [0.2, 0.25) is 54.4 Å². The highest BCUT2D eigenvalue weighted by Crippen LogP contribution is 2.44. The summed E-state index contributed by atoms with van der Waals surface area (Å²) in [7, 11) is 0.503. The van der Waals surface area contributed by atoms with E-state index in [-0.39, 0.29) is 33.4 Å². The molecule has 1 heterocycles. The van der Waals surface area contributed by atoms with Crippen molar-refractivity contribution in [2.45, 2.75) is 141 Å². The van der Waals surface area contributed by atoms with Gasteiger partial charge in [-0.15, -0.1) is 0 Å². The number of rotatable bonds is 7. The van der Waals surface area contributed by atoms with Crippen LogP contribution in [0.3, 0.4) is 0 Å². The topological polar surface area (TPSA) is 36.9 Å². The lowest BCUT2D eigenvalue weighted by Crippen LogP contribution is -2.55. The highest BCUT2D eigenvalue weighted by Gasteiger charge is 2.52. The zero-order valence-electron chi connectivity index (χ0n) is 23.2. The maximum Gasteiger partial charge on any atom is 0.192 e. The Morgan fingerprint density at radius 2 is 1.00 bits per heavy atom. The second-order valence-corrected chi connectivity index (χ2v) is 28.2. The van der Waals surface area contributed by atoms with E-state index in [2.05, 4.69) is 102 Å². The van der Waals surface area contributed by atoms with E-state index in [1.807, 2.05) is 0 Å². The molecule has 0 N–H and O–H groups in total. The first kappa shape index (κ1) is 29.6. The molecular formula is C23H51BO4Si3. The van der Waals surface area contributed by atoms with Gasteiger partial charge in [-0.2, -0.15) is 0 Å². The Labute approximate surface area is 198 Å². The van der Waals surface area contributed by atoms with E-state index in [0.29, 0.717) is 6.61 Å². The predicted octanol–water partition coefficient (Wildman–Crippen LogP) is 6.68. The Hall–Kier alpha value is 0.556. The van der Waals surface area contributed by atoms with Gasteiger partial charge >= 0.3 is 0 Å². The first-order valence-corrected chi connectivity index (χ1v) is 20.6. The third-order valence-electron chi connectivity index (χ3n) is 8.23. The van der Waals surface area contributed by atoms with E-state index in [1.54, 1.807) is 0 Å². The van der Waals surface area contributed by atoms with E-state index in [0.717, 1.165) is 0 Å². The Kier molecular flexibility index (Phi) is 8.88. The van der Waals surface area contributed by atoms with Crippen molar-refractivity contribution in [3.8, 4) is 0 Å². The van der Waals surface area contributed by atoms with Gasteiger partial charge in [-0.05, 0) is 54.4 Å². The standard InChI is InChI=1S/C23H51BO4Si3/c1-21(2,3)29(10,11)25-16-17-18(27-30(12,13)22(4,5)6)19(20(24)26-17)28-31(14,15)23(7,8)9/h17-20H,16H2,1-15H3/t17-,18-,19?,20-/m1/s1. The lowest BCUT2D eigenvalue weighted by Gasteiger charge is -2.44. The van der Waals surface area contributed by atoms with Crippen LogP contribution in [-0.2, 0) is 18.0 Å². The maximum absolute atomic E-state index is 6.93. The van der Waals surface area contributed by atoms with Gasteiger partial charge in [0.1, 0.15) is 20.1 Å². The Morgan fingerprint density at radius 1 is 0.645 bits per heavy atom. The van der Waals surface area contributed by atoms with Gasteiger partial charge in [-0.25, -0.2) is 0 Å². The van der Waals surface area contributed by atoms with Gasteiger partial charge in [0, 0.05) is 6.00 Å². The molecular weight excluding hydrogens is 435 g/mol. The van der Waals surface area contributed by atoms with Crippen LogP contribution in [-0.4, -0.2) is 63.7 Å². The highest BCUT2D eigenvalue weighted by atomic mass is 28.4. The highest BCUT2D eigenvalue weighted by molar-refractivity contribution is 6.75. The average Bonchev–Trinajstić information content (AvgIpc) is 2.77. The van der Waals surface area contributed by atoms with Crippen LogP contribution in [0.5, 0.6) is 0 Å². The van der Waals surface area contributed by atoms with E-state index >= 15 is 0 Å². The second-order valence-electron chi connectivity index (χ2n) is 13.9. The molecule has 0 bridgehead atoms. The summed E-state index contributed by atoms with van der Waals surface area (Å²) >= 11 is 0. The van der Waals surface area contributed by atoms with Crippen molar-refractivity contribution in [2.24, 2.45) is 0 Å². The molecule has 31 heavy (non-hydrogen) atoms. The van der Waals surface area contributed by atoms with Crippen LogP contribution in [0, 0.1) is 0 Å². The zero-order valence-corrected chi connectivity index (χ0v) is 26.2.